The first-order valence-electron chi connectivity index (χ1n) is 7.87. The number of ether oxygens (including phenoxy) is 1. The average Bonchev–Trinajstić information content (AvgIpc) is 2.62. The zero-order valence-corrected chi connectivity index (χ0v) is 14.1. The van der Waals surface area contributed by atoms with Crippen molar-refractivity contribution >= 4 is 17.5 Å². The van der Waals surface area contributed by atoms with E-state index < -0.39 is 0 Å². The molecule has 0 atom stereocenters. The Bertz CT molecular complexity index is 852. The number of rotatable bonds is 6. The number of halogens is 1. The highest BCUT2D eigenvalue weighted by Crippen LogP contribution is 2.27. The van der Waals surface area contributed by atoms with Crippen molar-refractivity contribution in [3.63, 3.8) is 0 Å². The van der Waals surface area contributed by atoms with Gasteiger partial charge >= 0.3 is 0 Å². The Kier molecular flexibility index (Phi) is 5.09. The third-order valence-electron chi connectivity index (χ3n) is 3.64. The molecule has 0 saturated carbocycles. The van der Waals surface area contributed by atoms with Crippen molar-refractivity contribution in [1.82, 2.24) is 9.97 Å². The first-order chi connectivity index (χ1) is 12.1. The zero-order chi connectivity index (χ0) is 17.6. The average molecular weight is 338 g/mol. The minimum Gasteiger partial charge on any atom is -0.495 e. The fraction of sp³-hybridized carbons (Fsp3) is 0.158. The van der Waals surface area contributed by atoms with Gasteiger partial charge < -0.3 is 15.4 Å². The largest absolute Gasteiger partial charge is 0.495 e. The van der Waals surface area contributed by atoms with Gasteiger partial charge in [0.1, 0.15) is 17.4 Å². The molecule has 0 unspecified atom stereocenters. The summed E-state index contributed by atoms with van der Waals surface area (Å²) in [6.07, 6.45) is 1.67. The fourth-order valence-electron chi connectivity index (χ4n) is 2.35. The summed E-state index contributed by atoms with van der Waals surface area (Å²) in [5.41, 5.74) is 2.88. The van der Waals surface area contributed by atoms with Gasteiger partial charge in [-0.2, -0.15) is 4.98 Å². The number of anilines is 3. The van der Waals surface area contributed by atoms with Crippen LogP contribution in [-0.4, -0.2) is 17.1 Å². The molecule has 3 rings (SSSR count). The first kappa shape index (κ1) is 16.7. The van der Waals surface area contributed by atoms with Gasteiger partial charge in [0.15, 0.2) is 0 Å². The van der Waals surface area contributed by atoms with Crippen LogP contribution < -0.4 is 15.4 Å². The predicted molar refractivity (Wildman–Crippen MR) is 96.8 cm³/mol. The highest BCUT2D eigenvalue weighted by Gasteiger charge is 2.06. The minimum absolute atomic E-state index is 0.246. The van der Waals surface area contributed by atoms with Gasteiger partial charge in [-0.05, 0) is 48.4 Å². The number of aryl methyl sites for hydroxylation is 1. The van der Waals surface area contributed by atoms with Crippen molar-refractivity contribution in [3.05, 3.63) is 71.7 Å². The SMILES string of the molecule is COc1ccc(C)cc1Nc1nccc(NCc2ccc(F)cc2)n1. The van der Waals surface area contributed by atoms with Crippen LogP contribution in [0.25, 0.3) is 0 Å². The maximum absolute atomic E-state index is 12.9. The first-order valence-corrected chi connectivity index (χ1v) is 7.87. The number of nitrogens with zero attached hydrogens (tertiary/aromatic N) is 2. The summed E-state index contributed by atoms with van der Waals surface area (Å²) in [5, 5.41) is 6.38. The monoisotopic (exact) mass is 338 g/mol. The van der Waals surface area contributed by atoms with Crippen molar-refractivity contribution in [2.24, 2.45) is 0 Å². The van der Waals surface area contributed by atoms with Crippen molar-refractivity contribution in [2.45, 2.75) is 13.5 Å². The molecule has 128 valence electrons. The van der Waals surface area contributed by atoms with E-state index in [-0.39, 0.29) is 5.82 Å². The Morgan fingerprint density at radius 1 is 1.08 bits per heavy atom. The lowest BCUT2D eigenvalue weighted by atomic mass is 10.2. The molecule has 0 aliphatic carbocycles. The normalized spacial score (nSPS) is 10.4. The van der Waals surface area contributed by atoms with E-state index in [1.807, 2.05) is 25.1 Å². The number of nitrogens with one attached hydrogen (secondary N) is 2. The molecule has 2 N–H and O–H groups in total. The lowest BCUT2D eigenvalue weighted by molar-refractivity contribution is 0.416. The summed E-state index contributed by atoms with van der Waals surface area (Å²) in [5.74, 6) is 1.62. The second-order valence-corrected chi connectivity index (χ2v) is 5.57. The summed E-state index contributed by atoms with van der Waals surface area (Å²) < 4.78 is 18.3. The van der Waals surface area contributed by atoms with Crippen molar-refractivity contribution in [1.29, 1.82) is 0 Å². The molecule has 0 amide bonds. The third kappa shape index (κ3) is 4.44. The molecule has 1 aromatic heterocycles. The van der Waals surface area contributed by atoms with Crippen LogP contribution >= 0.6 is 0 Å². The number of methoxy groups -OCH3 is 1. The van der Waals surface area contributed by atoms with Crippen LogP contribution in [0.1, 0.15) is 11.1 Å². The molecule has 5 nitrogen and oxygen atoms in total. The van der Waals surface area contributed by atoms with E-state index in [0.717, 1.165) is 22.6 Å². The van der Waals surface area contributed by atoms with Gasteiger partial charge in [-0.25, -0.2) is 9.37 Å². The molecule has 0 aliphatic rings. The molecule has 0 bridgehead atoms. The zero-order valence-electron chi connectivity index (χ0n) is 14.1. The van der Waals surface area contributed by atoms with Crippen LogP contribution in [0.5, 0.6) is 5.75 Å². The number of hydrogen-bond acceptors (Lipinski definition) is 5. The van der Waals surface area contributed by atoms with E-state index in [4.69, 9.17) is 4.74 Å². The van der Waals surface area contributed by atoms with E-state index >= 15 is 0 Å². The molecule has 25 heavy (non-hydrogen) atoms. The Labute approximate surface area is 145 Å². The quantitative estimate of drug-likeness (QED) is 0.702. The summed E-state index contributed by atoms with van der Waals surface area (Å²) >= 11 is 0. The summed E-state index contributed by atoms with van der Waals surface area (Å²) in [7, 11) is 1.62. The van der Waals surface area contributed by atoms with Crippen LogP contribution in [0.4, 0.5) is 21.8 Å². The molecule has 0 fully saturated rings. The molecular weight excluding hydrogens is 319 g/mol. The second kappa shape index (κ2) is 7.61. The van der Waals surface area contributed by atoms with E-state index in [1.165, 1.54) is 12.1 Å². The molecule has 3 aromatic rings. The standard InChI is InChI=1S/C19H19FN4O/c1-13-3-8-17(25-2)16(11-13)23-19-21-10-9-18(24-19)22-12-14-4-6-15(20)7-5-14/h3-11H,12H2,1-2H3,(H2,21,22,23,24). The van der Waals surface area contributed by atoms with Crippen LogP contribution in [0.2, 0.25) is 0 Å². The van der Waals surface area contributed by atoms with Gasteiger partial charge in [0.25, 0.3) is 0 Å². The van der Waals surface area contributed by atoms with E-state index in [0.29, 0.717) is 18.3 Å². The third-order valence-corrected chi connectivity index (χ3v) is 3.64. The number of benzene rings is 2. The summed E-state index contributed by atoms with van der Waals surface area (Å²) in [6.45, 7) is 2.55. The molecule has 2 aromatic carbocycles. The van der Waals surface area contributed by atoms with Crippen molar-refractivity contribution < 1.29 is 9.13 Å². The maximum atomic E-state index is 12.9. The number of hydrogen-bond donors (Lipinski definition) is 2. The molecule has 0 radical (unpaired) electrons. The molecule has 1 heterocycles. The highest BCUT2D eigenvalue weighted by molar-refractivity contribution is 5.64. The highest BCUT2D eigenvalue weighted by atomic mass is 19.1. The van der Waals surface area contributed by atoms with Crippen LogP contribution in [-0.2, 0) is 6.54 Å². The van der Waals surface area contributed by atoms with Crippen LogP contribution in [0.15, 0.2) is 54.7 Å². The van der Waals surface area contributed by atoms with Gasteiger partial charge in [0.05, 0.1) is 12.8 Å². The maximum Gasteiger partial charge on any atom is 0.229 e. The van der Waals surface area contributed by atoms with Gasteiger partial charge in [-0.15, -0.1) is 0 Å². The van der Waals surface area contributed by atoms with Crippen molar-refractivity contribution in [3.8, 4) is 5.75 Å². The van der Waals surface area contributed by atoms with E-state index in [9.17, 15) is 4.39 Å². The lowest BCUT2D eigenvalue weighted by Gasteiger charge is -2.12. The molecule has 0 aliphatic heterocycles. The second-order valence-electron chi connectivity index (χ2n) is 5.57. The Morgan fingerprint density at radius 2 is 1.88 bits per heavy atom. The van der Waals surface area contributed by atoms with Gasteiger partial charge in [-0.3, -0.25) is 0 Å². The van der Waals surface area contributed by atoms with Gasteiger partial charge in [0, 0.05) is 12.7 Å². The minimum atomic E-state index is -0.246. The molecule has 6 heteroatoms. The van der Waals surface area contributed by atoms with Crippen LogP contribution in [0, 0.1) is 12.7 Å². The summed E-state index contributed by atoms with van der Waals surface area (Å²) in [6, 6.07) is 14.0. The summed E-state index contributed by atoms with van der Waals surface area (Å²) in [4.78, 5) is 8.68. The Morgan fingerprint density at radius 3 is 2.64 bits per heavy atom. The van der Waals surface area contributed by atoms with E-state index in [2.05, 4.69) is 20.6 Å². The fourth-order valence-corrected chi connectivity index (χ4v) is 2.35. The molecule has 0 spiro atoms. The van der Waals surface area contributed by atoms with Crippen molar-refractivity contribution in [2.75, 3.05) is 17.7 Å². The Balaban J connectivity index is 1.71. The Hall–Kier alpha value is -3.15. The number of aromatic nitrogens is 2. The lowest BCUT2D eigenvalue weighted by Crippen LogP contribution is -2.05. The van der Waals surface area contributed by atoms with Gasteiger partial charge in [0.2, 0.25) is 5.95 Å². The molecular formula is C19H19FN4O. The van der Waals surface area contributed by atoms with Gasteiger partial charge in [-0.1, -0.05) is 18.2 Å². The smallest absolute Gasteiger partial charge is 0.229 e. The topological polar surface area (TPSA) is 59.1 Å². The van der Waals surface area contributed by atoms with Crippen LogP contribution in [0.3, 0.4) is 0 Å². The van der Waals surface area contributed by atoms with E-state index in [1.54, 1.807) is 31.5 Å². The predicted octanol–water partition coefficient (Wildman–Crippen LogP) is 4.29. The molecule has 0 saturated heterocycles.